The lowest BCUT2D eigenvalue weighted by atomic mass is 9.95. The summed E-state index contributed by atoms with van der Waals surface area (Å²) in [5, 5.41) is 0.232. The molecule has 4 aromatic rings. The molecule has 0 saturated heterocycles. The summed E-state index contributed by atoms with van der Waals surface area (Å²) in [5.74, 6) is 1.31. The standard InChI is InChI=1S/C31H34ClN3/c1-31(2,3)29-33-28(34-30(32)35-29)27-20-12-19-26(22-27)25-18-11-17-24(21-25)16-8-5-4-7-13-23-14-9-6-10-15-23/h6,9-12,14-15,17-22H,4-5,7-8,13,16H2,1-3H3. The SMILES string of the molecule is CC(C)(C)c1nc(Cl)nc(-c2cccc(-c3cccc(CCCCCCc4ccccc4)c3)c2)n1. The van der Waals surface area contributed by atoms with E-state index in [-0.39, 0.29) is 10.7 Å². The fourth-order valence-corrected chi connectivity index (χ4v) is 4.38. The first-order chi connectivity index (χ1) is 16.9. The maximum atomic E-state index is 6.23. The van der Waals surface area contributed by atoms with Crippen LogP contribution in [0.25, 0.3) is 22.5 Å². The molecule has 3 aromatic carbocycles. The van der Waals surface area contributed by atoms with Crippen LogP contribution in [0.15, 0.2) is 78.9 Å². The Morgan fingerprint density at radius 2 is 1.20 bits per heavy atom. The third-order valence-corrected chi connectivity index (χ3v) is 6.35. The fourth-order valence-electron chi connectivity index (χ4n) is 4.22. The number of aryl methyl sites for hydroxylation is 2. The zero-order chi connectivity index (χ0) is 24.7. The van der Waals surface area contributed by atoms with Gasteiger partial charge < -0.3 is 0 Å². The summed E-state index contributed by atoms with van der Waals surface area (Å²) in [5.41, 5.74) is 5.94. The van der Waals surface area contributed by atoms with Gasteiger partial charge in [-0.15, -0.1) is 0 Å². The van der Waals surface area contributed by atoms with Crippen LogP contribution >= 0.6 is 11.6 Å². The van der Waals surface area contributed by atoms with Gasteiger partial charge in [0.05, 0.1) is 0 Å². The van der Waals surface area contributed by atoms with Crippen molar-refractivity contribution in [3.8, 4) is 22.5 Å². The Morgan fingerprint density at radius 1 is 0.600 bits per heavy atom. The molecule has 0 unspecified atom stereocenters. The van der Waals surface area contributed by atoms with Gasteiger partial charge in [0.15, 0.2) is 5.82 Å². The van der Waals surface area contributed by atoms with E-state index in [1.807, 2.05) is 6.07 Å². The average Bonchev–Trinajstić information content (AvgIpc) is 2.86. The molecule has 4 heteroatoms. The van der Waals surface area contributed by atoms with Crippen molar-refractivity contribution in [2.75, 3.05) is 0 Å². The van der Waals surface area contributed by atoms with E-state index in [2.05, 4.69) is 104 Å². The van der Waals surface area contributed by atoms with Crippen LogP contribution in [0.2, 0.25) is 5.28 Å². The van der Waals surface area contributed by atoms with E-state index in [0.717, 1.165) is 17.5 Å². The van der Waals surface area contributed by atoms with Crippen molar-refractivity contribution in [1.29, 1.82) is 0 Å². The molecule has 0 aliphatic carbocycles. The van der Waals surface area contributed by atoms with Gasteiger partial charge >= 0.3 is 0 Å². The van der Waals surface area contributed by atoms with Crippen LogP contribution in [0, 0.1) is 0 Å². The topological polar surface area (TPSA) is 38.7 Å². The van der Waals surface area contributed by atoms with Gasteiger partial charge in [-0.3, -0.25) is 0 Å². The molecule has 0 spiro atoms. The van der Waals surface area contributed by atoms with E-state index in [1.165, 1.54) is 48.8 Å². The van der Waals surface area contributed by atoms with Crippen LogP contribution in [0.3, 0.4) is 0 Å². The van der Waals surface area contributed by atoms with Crippen LogP contribution in [0.5, 0.6) is 0 Å². The highest BCUT2D eigenvalue weighted by Gasteiger charge is 2.20. The van der Waals surface area contributed by atoms with Gasteiger partial charge in [-0.25, -0.2) is 9.97 Å². The van der Waals surface area contributed by atoms with Gasteiger partial charge in [0.2, 0.25) is 5.28 Å². The van der Waals surface area contributed by atoms with Crippen molar-refractivity contribution in [1.82, 2.24) is 15.0 Å². The summed E-state index contributed by atoms with van der Waals surface area (Å²) in [6.45, 7) is 6.23. The molecule has 0 bridgehead atoms. The molecule has 1 heterocycles. The Morgan fingerprint density at radius 3 is 1.91 bits per heavy atom. The van der Waals surface area contributed by atoms with Crippen molar-refractivity contribution >= 4 is 11.6 Å². The van der Waals surface area contributed by atoms with E-state index in [1.54, 1.807) is 0 Å². The monoisotopic (exact) mass is 483 g/mol. The van der Waals surface area contributed by atoms with E-state index in [9.17, 15) is 0 Å². The van der Waals surface area contributed by atoms with Crippen molar-refractivity contribution in [2.45, 2.75) is 64.7 Å². The average molecular weight is 484 g/mol. The smallest absolute Gasteiger partial charge is 0.212 e. The predicted octanol–water partition coefficient (Wildman–Crippen LogP) is 8.50. The van der Waals surface area contributed by atoms with Crippen molar-refractivity contribution in [2.24, 2.45) is 0 Å². The van der Waals surface area contributed by atoms with Crippen molar-refractivity contribution < 1.29 is 0 Å². The van der Waals surface area contributed by atoms with E-state index in [0.29, 0.717) is 11.6 Å². The van der Waals surface area contributed by atoms with Crippen LogP contribution in [0.4, 0.5) is 0 Å². The molecule has 1 aromatic heterocycles. The maximum absolute atomic E-state index is 6.23. The third kappa shape index (κ3) is 7.22. The van der Waals surface area contributed by atoms with Gasteiger partial charge in [-0.1, -0.05) is 106 Å². The number of rotatable bonds is 9. The molecule has 3 nitrogen and oxygen atoms in total. The second-order valence-electron chi connectivity index (χ2n) is 10.2. The van der Waals surface area contributed by atoms with Crippen LogP contribution in [-0.2, 0) is 18.3 Å². The lowest BCUT2D eigenvalue weighted by Crippen LogP contribution is -2.17. The maximum Gasteiger partial charge on any atom is 0.226 e. The molecule has 0 fully saturated rings. The molecule has 0 saturated carbocycles. The molecule has 0 radical (unpaired) electrons. The second kappa shape index (κ2) is 11.6. The summed E-state index contributed by atoms with van der Waals surface area (Å²) in [7, 11) is 0. The Balaban J connectivity index is 1.39. The summed E-state index contributed by atoms with van der Waals surface area (Å²) >= 11 is 6.23. The molecule has 0 atom stereocenters. The quantitative estimate of drug-likeness (QED) is 0.224. The number of halogens is 1. The van der Waals surface area contributed by atoms with E-state index >= 15 is 0 Å². The number of aromatic nitrogens is 3. The summed E-state index contributed by atoms with van der Waals surface area (Å²) in [6, 6.07) is 28.0. The van der Waals surface area contributed by atoms with Crippen LogP contribution < -0.4 is 0 Å². The van der Waals surface area contributed by atoms with E-state index in [4.69, 9.17) is 16.6 Å². The normalized spacial score (nSPS) is 11.5. The third-order valence-electron chi connectivity index (χ3n) is 6.18. The first-order valence-electron chi connectivity index (χ1n) is 12.5. The molecular weight excluding hydrogens is 450 g/mol. The lowest BCUT2D eigenvalue weighted by Gasteiger charge is -2.17. The number of hydrogen-bond acceptors (Lipinski definition) is 3. The summed E-state index contributed by atoms with van der Waals surface area (Å²) in [4.78, 5) is 13.4. The first-order valence-corrected chi connectivity index (χ1v) is 12.9. The molecule has 4 rings (SSSR count). The van der Waals surface area contributed by atoms with E-state index < -0.39 is 0 Å². The number of unbranched alkanes of at least 4 members (excludes halogenated alkanes) is 3. The Hall–Kier alpha value is -3.04. The minimum Gasteiger partial charge on any atom is -0.212 e. The van der Waals surface area contributed by atoms with Gasteiger partial charge in [0.1, 0.15) is 5.82 Å². The van der Waals surface area contributed by atoms with Crippen LogP contribution in [0.1, 0.15) is 63.4 Å². The Bertz CT molecular complexity index is 1250. The zero-order valence-corrected chi connectivity index (χ0v) is 21.7. The number of nitrogens with zero attached hydrogens (tertiary/aromatic N) is 3. The van der Waals surface area contributed by atoms with Crippen molar-refractivity contribution in [3.05, 3.63) is 101 Å². The fraction of sp³-hybridized carbons (Fsp3) is 0.323. The zero-order valence-electron chi connectivity index (χ0n) is 21.0. The minimum absolute atomic E-state index is 0.200. The summed E-state index contributed by atoms with van der Waals surface area (Å²) in [6.07, 6.45) is 7.31. The van der Waals surface area contributed by atoms with Crippen molar-refractivity contribution in [3.63, 3.8) is 0 Å². The van der Waals surface area contributed by atoms with Gasteiger partial charge in [-0.2, -0.15) is 4.98 Å². The molecule has 0 aliphatic heterocycles. The second-order valence-corrected chi connectivity index (χ2v) is 10.5. The Labute approximate surface area is 214 Å². The molecule has 0 amide bonds. The van der Waals surface area contributed by atoms with Gasteiger partial charge in [0.25, 0.3) is 0 Å². The molecule has 0 aliphatic rings. The molecular formula is C31H34ClN3. The van der Waals surface area contributed by atoms with Gasteiger partial charge in [0, 0.05) is 11.0 Å². The largest absolute Gasteiger partial charge is 0.226 e. The predicted molar refractivity (Wildman–Crippen MR) is 147 cm³/mol. The van der Waals surface area contributed by atoms with Gasteiger partial charge in [-0.05, 0) is 65.6 Å². The molecule has 0 N–H and O–H groups in total. The first kappa shape index (κ1) is 25.1. The van der Waals surface area contributed by atoms with Crippen LogP contribution in [-0.4, -0.2) is 15.0 Å². The summed E-state index contributed by atoms with van der Waals surface area (Å²) < 4.78 is 0. The number of hydrogen-bond donors (Lipinski definition) is 0. The lowest BCUT2D eigenvalue weighted by molar-refractivity contribution is 0.542. The Kier molecular flexibility index (Phi) is 8.30. The highest BCUT2D eigenvalue weighted by atomic mass is 35.5. The molecule has 35 heavy (non-hydrogen) atoms. The highest BCUT2D eigenvalue weighted by molar-refractivity contribution is 6.28. The number of benzene rings is 3. The minimum atomic E-state index is -0.200. The molecule has 180 valence electrons. The highest BCUT2D eigenvalue weighted by Crippen LogP contribution is 2.28.